The van der Waals surface area contributed by atoms with Gasteiger partial charge in [-0.05, 0) is 66.7 Å². The number of allylic oxidation sites excluding steroid dienone is 1. The summed E-state index contributed by atoms with van der Waals surface area (Å²) in [5.74, 6) is 1.75. The van der Waals surface area contributed by atoms with Crippen molar-refractivity contribution in [2.24, 2.45) is 29.6 Å². The number of benzene rings is 1. The third-order valence-corrected chi connectivity index (χ3v) is 20.1. The SMILES string of the molecule is COc1ccc([C@H]2OC[C@H](C)[C@@H]([C@@H](C)[C@H](O[Si](C)(C)C(C)(C)C)[C@@H](C)C/C=C\[C@H](C)[C@@H](O[Si](C)(C)C(C)(C)C)[C@@H](C)CO)O2)cc1. The van der Waals surface area contributed by atoms with Gasteiger partial charge in [-0.2, -0.15) is 0 Å². The highest BCUT2D eigenvalue weighted by atomic mass is 28.4. The summed E-state index contributed by atoms with van der Waals surface area (Å²) in [6, 6.07) is 7.97. The Kier molecular flexibility index (Phi) is 14.9. The van der Waals surface area contributed by atoms with Crippen LogP contribution >= 0.6 is 0 Å². The van der Waals surface area contributed by atoms with Crippen molar-refractivity contribution in [1.29, 1.82) is 0 Å². The van der Waals surface area contributed by atoms with Crippen molar-refractivity contribution in [2.75, 3.05) is 20.3 Å². The van der Waals surface area contributed by atoms with E-state index in [4.69, 9.17) is 23.1 Å². The number of hydrogen-bond acceptors (Lipinski definition) is 6. The Hall–Kier alpha value is -1.01. The fourth-order valence-electron chi connectivity index (χ4n) is 5.79. The van der Waals surface area contributed by atoms with Gasteiger partial charge in [0.1, 0.15) is 5.75 Å². The Morgan fingerprint density at radius 3 is 1.87 bits per heavy atom. The summed E-state index contributed by atoms with van der Waals surface area (Å²) in [5, 5.41) is 10.3. The van der Waals surface area contributed by atoms with Crippen molar-refractivity contribution in [2.45, 2.75) is 143 Å². The number of methoxy groups -OCH3 is 1. The van der Waals surface area contributed by atoms with E-state index >= 15 is 0 Å². The Morgan fingerprint density at radius 1 is 0.870 bits per heavy atom. The molecule has 0 spiro atoms. The molecule has 0 saturated carbocycles. The minimum atomic E-state index is -2.08. The Morgan fingerprint density at radius 2 is 1.39 bits per heavy atom. The molecule has 9 atom stereocenters. The van der Waals surface area contributed by atoms with E-state index in [1.807, 2.05) is 24.3 Å². The predicted octanol–water partition coefficient (Wildman–Crippen LogP) is 10.0. The molecule has 1 aliphatic heterocycles. The predicted molar refractivity (Wildman–Crippen MR) is 197 cm³/mol. The quantitative estimate of drug-likeness (QED) is 0.147. The second kappa shape index (κ2) is 16.6. The molecule has 0 unspecified atom stereocenters. The summed E-state index contributed by atoms with van der Waals surface area (Å²) in [4.78, 5) is 0. The summed E-state index contributed by atoms with van der Waals surface area (Å²) < 4.78 is 32.5. The summed E-state index contributed by atoms with van der Waals surface area (Å²) >= 11 is 0. The molecule has 1 aliphatic rings. The van der Waals surface area contributed by atoms with Crippen LogP contribution in [0.25, 0.3) is 0 Å². The van der Waals surface area contributed by atoms with Crippen LogP contribution < -0.4 is 4.74 Å². The average molecular weight is 679 g/mol. The molecule has 1 heterocycles. The third kappa shape index (κ3) is 10.7. The monoisotopic (exact) mass is 678 g/mol. The van der Waals surface area contributed by atoms with E-state index in [1.165, 1.54) is 0 Å². The summed E-state index contributed by atoms with van der Waals surface area (Å²) in [7, 11) is -2.40. The normalized spacial score (nSPS) is 24.3. The standard InChI is InChI=1S/C38H70O6Si2/c1-26(33(28(3)24-39)43-45(13,14)37(6,7)8)18-17-19-27(2)35(44-46(15,16)38(9,10)11)30(5)34-29(4)25-41-36(42-34)31-20-22-32(40-12)23-21-31/h17-18,20-23,26-30,33-36,39H,19,24-25H2,1-16H3/b18-17-/t26-,27-,28-,29-,30+,33+,34-,35+,36-/m0/s1. The minimum absolute atomic E-state index is 0.00579. The van der Waals surface area contributed by atoms with Gasteiger partial charge in [-0.15, -0.1) is 0 Å². The van der Waals surface area contributed by atoms with Gasteiger partial charge in [0.2, 0.25) is 0 Å². The summed E-state index contributed by atoms with van der Waals surface area (Å²) in [6.45, 7) is 35.0. The van der Waals surface area contributed by atoms with Gasteiger partial charge >= 0.3 is 0 Å². The fraction of sp³-hybridized carbons (Fsp3) is 0.789. The first-order chi connectivity index (χ1) is 21.1. The summed E-state index contributed by atoms with van der Waals surface area (Å²) in [6.07, 6.45) is 5.11. The molecule has 1 aromatic carbocycles. The van der Waals surface area contributed by atoms with Gasteiger partial charge in [-0.1, -0.05) is 100 Å². The van der Waals surface area contributed by atoms with Crippen LogP contribution in [0.1, 0.15) is 94.4 Å². The molecule has 6 nitrogen and oxygen atoms in total. The lowest BCUT2D eigenvalue weighted by Gasteiger charge is -2.46. The number of aliphatic hydroxyl groups excluding tert-OH is 1. The van der Waals surface area contributed by atoms with Crippen LogP contribution in [0.2, 0.25) is 36.3 Å². The molecule has 0 aromatic heterocycles. The highest BCUT2D eigenvalue weighted by Gasteiger charge is 2.45. The van der Waals surface area contributed by atoms with Crippen molar-refractivity contribution in [1.82, 2.24) is 0 Å². The lowest BCUT2D eigenvalue weighted by molar-refractivity contribution is -0.256. The van der Waals surface area contributed by atoms with Gasteiger partial charge in [0, 0.05) is 29.9 Å². The smallest absolute Gasteiger partial charge is 0.192 e. The van der Waals surface area contributed by atoms with Crippen molar-refractivity contribution >= 4 is 16.6 Å². The van der Waals surface area contributed by atoms with E-state index in [-0.39, 0.29) is 64.6 Å². The van der Waals surface area contributed by atoms with E-state index in [9.17, 15) is 5.11 Å². The first-order valence-electron chi connectivity index (χ1n) is 17.6. The van der Waals surface area contributed by atoms with Crippen LogP contribution in [0, 0.1) is 29.6 Å². The van der Waals surface area contributed by atoms with Crippen LogP contribution in [0.4, 0.5) is 0 Å². The number of rotatable bonds is 15. The molecular formula is C38H70O6Si2. The molecule has 1 aromatic rings. The topological polar surface area (TPSA) is 66.4 Å². The molecule has 2 rings (SSSR count). The third-order valence-electron chi connectivity index (χ3n) is 11.1. The molecule has 1 saturated heterocycles. The molecule has 266 valence electrons. The number of ether oxygens (including phenoxy) is 3. The van der Waals surface area contributed by atoms with Crippen molar-refractivity contribution in [3.63, 3.8) is 0 Å². The van der Waals surface area contributed by atoms with E-state index in [0.717, 1.165) is 17.7 Å². The maximum atomic E-state index is 10.1. The lowest BCUT2D eigenvalue weighted by Crippen LogP contribution is -2.51. The largest absolute Gasteiger partial charge is 0.497 e. The molecule has 0 bridgehead atoms. The van der Waals surface area contributed by atoms with Crippen LogP contribution in [-0.2, 0) is 18.3 Å². The Labute approximate surface area is 285 Å². The number of aliphatic hydroxyl groups is 1. The maximum Gasteiger partial charge on any atom is 0.192 e. The zero-order valence-electron chi connectivity index (χ0n) is 32.3. The second-order valence-corrected chi connectivity index (χ2v) is 26.7. The van der Waals surface area contributed by atoms with Crippen molar-refractivity contribution in [3.05, 3.63) is 42.0 Å². The van der Waals surface area contributed by atoms with Gasteiger partial charge in [-0.3, -0.25) is 0 Å². The van der Waals surface area contributed by atoms with Gasteiger partial charge in [0.25, 0.3) is 0 Å². The highest BCUT2D eigenvalue weighted by molar-refractivity contribution is 6.74. The molecule has 1 fully saturated rings. The van der Waals surface area contributed by atoms with Gasteiger partial charge in [-0.25, -0.2) is 0 Å². The lowest BCUT2D eigenvalue weighted by atomic mass is 9.82. The zero-order valence-corrected chi connectivity index (χ0v) is 34.3. The van der Waals surface area contributed by atoms with Gasteiger partial charge in [0.05, 0.1) is 32.0 Å². The Balaban J connectivity index is 2.31. The highest BCUT2D eigenvalue weighted by Crippen LogP contribution is 2.43. The van der Waals surface area contributed by atoms with E-state index in [1.54, 1.807) is 7.11 Å². The molecule has 0 amide bonds. The van der Waals surface area contributed by atoms with Crippen molar-refractivity contribution in [3.8, 4) is 5.75 Å². The van der Waals surface area contributed by atoms with E-state index in [0.29, 0.717) is 6.61 Å². The van der Waals surface area contributed by atoms with Crippen LogP contribution in [-0.4, -0.2) is 60.4 Å². The van der Waals surface area contributed by atoms with Gasteiger partial charge < -0.3 is 28.2 Å². The number of hydrogen-bond donors (Lipinski definition) is 1. The maximum absolute atomic E-state index is 10.1. The summed E-state index contributed by atoms with van der Waals surface area (Å²) in [5.41, 5.74) is 1.00. The molecule has 8 heteroatoms. The van der Waals surface area contributed by atoms with Crippen LogP contribution in [0.5, 0.6) is 5.75 Å². The zero-order chi connectivity index (χ0) is 35.3. The first-order valence-corrected chi connectivity index (χ1v) is 23.4. The average Bonchev–Trinajstić information content (AvgIpc) is 2.97. The van der Waals surface area contributed by atoms with Gasteiger partial charge in [0.15, 0.2) is 22.9 Å². The van der Waals surface area contributed by atoms with E-state index in [2.05, 4.69) is 115 Å². The Bertz CT molecular complexity index is 1070. The fourth-order valence-corrected chi connectivity index (χ4v) is 8.75. The first kappa shape index (κ1) is 41.2. The molecule has 1 N–H and O–H groups in total. The molecule has 46 heavy (non-hydrogen) atoms. The van der Waals surface area contributed by atoms with Crippen LogP contribution in [0.15, 0.2) is 36.4 Å². The molecule has 0 radical (unpaired) electrons. The second-order valence-electron chi connectivity index (χ2n) is 17.2. The minimum Gasteiger partial charge on any atom is -0.497 e. The molecule has 0 aliphatic carbocycles. The van der Waals surface area contributed by atoms with Crippen molar-refractivity contribution < 1.29 is 28.2 Å². The molecular weight excluding hydrogens is 609 g/mol. The van der Waals surface area contributed by atoms with Crippen LogP contribution in [0.3, 0.4) is 0 Å². The van der Waals surface area contributed by atoms with E-state index < -0.39 is 22.9 Å².